The molecule has 0 atom stereocenters. The van der Waals surface area contributed by atoms with Gasteiger partial charge in [0.2, 0.25) is 0 Å². The Hall–Kier alpha value is 0. The molecule has 0 saturated carbocycles. The monoisotopic (exact) mass is 142 g/mol. The van der Waals surface area contributed by atoms with Crippen LogP contribution >= 0.6 is 0 Å². The van der Waals surface area contributed by atoms with Crippen molar-refractivity contribution in [2.75, 3.05) is 0 Å². The van der Waals surface area contributed by atoms with Crippen molar-refractivity contribution in [2.45, 2.75) is 47.5 Å². The molecule has 0 radical (unpaired) electrons. The van der Waals surface area contributed by atoms with E-state index in [0.29, 0.717) is 0 Å². The van der Waals surface area contributed by atoms with Crippen molar-refractivity contribution in [3.05, 3.63) is 0 Å². The maximum absolute atomic E-state index is 2.33. The Kier molecular flexibility index (Phi) is 4.76. The molecule has 0 aromatic carbocycles. The molecule has 0 aliphatic rings. The van der Waals surface area contributed by atoms with Crippen molar-refractivity contribution in [3.63, 3.8) is 0 Å². The van der Waals surface area contributed by atoms with Crippen LogP contribution in [0.3, 0.4) is 0 Å². The van der Waals surface area contributed by atoms with Crippen molar-refractivity contribution in [2.24, 2.45) is 17.8 Å². The van der Waals surface area contributed by atoms with Crippen molar-refractivity contribution in [1.29, 1.82) is 0 Å². The molecule has 0 amide bonds. The van der Waals surface area contributed by atoms with E-state index < -0.39 is 0 Å². The van der Waals surface area contributed by atoms with E-state index in [0.717, 1.165) is 17.8 Å². The molecule has 0 fully saturated rings. The van der Waals surface area contributed by atoms with Gasteiger partial charge < -0.3 is 0 Å². The lowest BCUT2D eigenvalue weighted by atomic mass is 9.82. The first-order valence-electron chi connectivity index (χ1n) is 4.59. The van der Waals surface area contributed by atoms with Crippen molar-refractivity contribution in [3.8, 4) is 0 Å². The van der Waals surface area contributed by atoms with Gasteiger partial charge in [-0.3, -0.25) is 0 Å². The minimum atomic E-state index is 0.861. The Morgan fingerprint density at radius 2 is 1.30 bits per heavy atom. The second kappa shape index (κ2) is 4.76. The van der Waals surface area contributed by atoms with Gasteiger partial charge in [0.25, 0.3) is 0 Å². The minimum Gasteiger partial charge on any atom is -0.0654 e. The van der Waals surface area contributed by atoms with Crippen molar-refractivity contribution >= 4 is 0 Å². The molecule has 0 aliphatic heterocycles. The molecule has 0 spiro atoms. The van der Waals surface area contributed by atoms with Crippen LogP contribution in [-0.4, -0.2) is 0 Å². The van der Waals surface area contributed by atoms with E-state index in [1.807, 2.05) is 0 Å². The summed E-state index contributed by atoms with van der Waals surface area (Å²) in [4.78, 5) is 0. The van der Waals surface area contributed by atoms with Crippen LogP contribution in [0.4, 0.5) is 0 Å². The zero-order valence-electron chi connectivity index (χ0n) is 8.15. The molecule has 0 bridgehead atoms. The highest BCUT2D eigenvalue weighted by Crippen LogP contribution is 2.24. The van der Waals surface area contributed by atoms with Crippen LogP contribution in [0.15, 0.2) is 0 Å². The molecule has 62 valence electrons. The summed E-state index contributed by atoms with van der Waals surface area (Å²) in [5.41, 5.74) is 0. The average Bonchev–Trinajstić information content (AvgIpc) is 1.81. The Labute approximate surface area is 66.0 Å². The fraction of sp³-hybridized carbons (Fsp3) is 1.00. The lowest BCUT2D eigenvalue weighted by molar-refractivity contribution is 0.267. The summed E-state index contributed by atoms with van der Waals surface area (Å²) < 4.78 is 0. The maximum Gasteiger partial charge on any atom is -0.0368 e. The fourth-order valence-electron chi connectivity index (χ4n) is 1.77. The second-order valence-electron chi connectivity index (χ2n) is 3.94. The van der Waals surface area contributed by atoms with Crippen molar-refractivity contribution < 1.29 is 0 Å². The first kappa shape index (κ1) is 10.0. The molecule has 0 saturated heterocycles. The Balaban J connectivity index is 3.73. The van der Waals surface area contributed by atoms with Gasteiger partial charge in [-0.05, 0) is 17.8 Å². The van der Waals surface area contributed by atoms with E-state index in [-0.39, 0.29) is 0 Å². The van der Waals surface area contributed by atoms with E-state index in [4.69, 9.17) is 0 Å². The number of hydrogen-bond donors (Lipinski definition) is 0. The first-order chi connectivity index (χ1) is 4.59. The Bertz CT molecular complexity index is 64.1. The smallest absolute Gasteiger partial charge is 0.0368 e. The van der Waals surface area contributed by atoms with Gasteiger partial charge in [-0.15, -0.1) is 0 Å². The van der Waals surface area contributed by atoms with Gasteiger partial charge in [0.1, 0.15) is 0 Å². The highest BCUT2D eigenvalue weighted by Gasteiger charge is 2.15. The zero-order valence-corrected chi connectivity index (χ0v) is 8.15. The molecule has 0 heteroatoms. The van der Waals surface area contributed by atoms with Crippen LogP contribution in [-0.2, 0) is 0 Å². The number of hydrogen-bond acceptors (Lipinski definition) is 0. The van der Waals surface area contributed by atoms with Gasteiger partial charge in [-0.2, -0.15) is 0 Å². The molecule has 0 N–H and O–H groups in total. The van der Waals surface area contributed by atoms with Crippen LogP contribution in [0.2, 0.25) is 0 Å². The number of rotatable bonds is 4. The lowest BCUT2D eigenvalue weighted by Gasteiger charge is -2.23. The topological polar surface area (TPSA) is 0 Å². The lowest BCUT2D eigenvalue weighted by Crippen LogP contribution is -2.14. The molecule has 0 unspecified atom stereocenters. The largest absolute Gasteiger partial charge is 0.0654 e. The SMILES string of the molecule is CCCC(C(C)C)C(C)C. The molecule has 10 heavy (non-hydrogen) atoms. The molecule has 0 aromatic heterocycles. The van der Waals surface area contributed by atoms with Crippen LogP contribution in [0.1, 0.15) is 47.5 Å². The summed E-state index contributed by atoms with van der Waals surface area (Å²) in [5, 5.41) is 0. The predicted molar refractivity (Wildman–Crippen MR) is 48.1 cm³/mol. The summed E-state index contributed by atoms with van der Waals surface area (Å²) in [6.07, 6.45) is 2.73. The third-order valence-corrected chi connectivity index (χ3v) is 2.33. The molecular weight excluding hydrogens is 120 g/mol. The first-order valence-corrected chi connectivity index (χ1v) is 4.59. The highest BCUT2D eigenvalue weighted by molar-refractivity contribution is 4.65. The predicted octanol–water partition coefficient (Wildman–Crippen LogP) is 3.71. The summed E-state index contributed by atoms with van der Waals surface area (Å²) in [7, 11) is 0. The molecule has 0 aromatic rings. The van der Waals surface area contributed by atoms with Crippen LogP contribution in [0, 0.1) is 17.8 Å². The quantitative estimate of drug-likeness (QED) is 0.561. The van der Waals surface area contributed by atoms with Crippen LogP contribution in [0.25, 0.3) is 0 Å². The average molecular weight is 142 g/mol. The minimum absolute atomic E-state index is 0.861. The zero-order chi connectivity index (χ0) is 8.15. The normalized spacial score (nSPS) is 12.0. The van der Waals surface area contributed by atoms with E-state index in [9.17, 15) is 0 Å². The third kappa shape index (κ3) is 3.24. The van der Waals surface area contributed by atoms with E-state index >= 15 is 0 Å². The summed E-state index contributed by atoms with van der Waals surface area (Å²) >= 11 is 0. The van der Waals surface area contributed by atoms with Gasteiger partial charge in [0.15, 0.2) is 0 Å². The van der Waals surface area contributed by atoms with Gasteiger partial charge in [0, 0.05) is 0 Å². The fourth-order valence-corrected chi connectivity index (χ4v) is 1.77. The Morgan fingerprint density at radius 3 is 1.40 bits per heavy atom. The van der Waals surface area contributed by atoms with Crippen LogP contribution in [0.5, 0.6) is 0 Å². The molecule has 0 aliphatic carbocycles. The third-order valence-electron chi connectivity index (χ3n) is 2.33. The van der Waals surface area contributed by atoms with Crippen LogP contribution < -0.4 is 0 Å². The van der Waals surface area contributed by atoms with Gasteiger partial charge >= 0.3 is 0 Å². The van der Waals surface area contributed by atoms with Gasteiger partial charge in [-0.1, -0.05) is 47.5 Å². The molecule has 0 nitrogen and oxygen atoms in total. The molecular formula is C10H22. The standard InChI is InChI=1S/C10H22/c1-6-7-10(8(2)3)9(4)5/h8-10H,6-7H2,1-5H3. The summed E-state index contributed by atoms with van der Waals surface area (Å²) in [5.74, 6) is 2.66. The summed E-state index contributed by atoms with van der Waals surface area (Å²) in [6, 6.07) is 0. The van der Waals surface area contributed by atoms with E-state index in [2.05, 4.69) is 34.6 Å². The Morgan fingerprint density at radius 1 is 0.900 bits per heavy atom. The van der Waals surface area contributed by atoms with E-state index in [1.165, 1.54) is 12.8 Å². The maximum atomic E-state index is 2.33. The molecule has 0 rings (SSSR count). The highest BCUT2D eigenvalue weighted by atomic mass is 14.2. The second-order valence-corrected chi connectivity index (χ2v) is 3.94. The molecule has 0 heterocycles. The van der Waals surface area contributed by atoms with Gasteiger partial charge in [0.05, 0.1) is 0 Å². The van der Waals surface area contributed by atoms with Gasteiger partial charge in [-0.25, -0.2) is 0 Å². The van der Waals surface area contributed by atoms with E-state index in [1.54, 1.807) is 0 Å². The van der Waals surface area contributed by atoms with Crippen molar-refractivity contribution in [1.82, 2.24) is 0 Å². The summed E-state index contributed by atoms with van der Waals surface area (Å²) in [6.45, 7) is 11.6.